The van der Waals surface area contributed by atoms with Crippen LogP contribution < -0.4 is 5.32 Å². The van der Waals surface area contributed by atoms with E-state index in [1.54, 1.807) is 6.07 Å². The molecule has 0 saturated carbocycles. The second kappa shape index (κ2) is 8.14. The number of benzene rings is 2. The number of aryl methyl sites for hydroxylation is 3. The zero-order valence-electron chi connectivity index (χ0n) is 15.7. The highest BCUT2D eigenvalue weighted by Crippen LogP contribution is 2.23. The lowest BCUT2D eigenvalue weighted by Gasteiger charge is -2.37. The van der Waals surface area contributed by atoms with Gasteiger partial charge in [-0.15, -0.1) is 0 Å². The molecule has 3 nitrogen and oxygen atoms in total. The van der Waals surface area contributed by atoms with Crippen molar-refractivity contribution in [3.63, 3.8) is 0 Å². The van der Waals surface area contributed by atoms with E-state index in [2.05, 4.69) is 48.0 Å². The molecule has 0 amide bonds. The summed E-state index contributed by atoms with van der Waals surface area (Å²) in [6.07, 6.45) is 1.02. The molecule has 0 aromatic heterocycles. The van der Waals surface area contributed by atoms with E-state index in [9.17, 15) is 4.39 Å². The van der Waals surface area contributed by atoms with Crippen LogP contribution in [0.15, 0.2) is 36.4 Å². The number of nitrogens with one attached hydrogen (secondary N) is 1. The highest BCUT2D eigenvalue weighted by molar-refractivity contribution is 7.80. The van der Waals surface area contributed by atoms with E-state index >= 15 is 0 Å². The maximum Gasteiger partial charge on any atom is 0.174 e. The van der Waals surface area contributed by atoms with Gasteiger partial charge in [-0.1, -0.05) is 35.9 Å². The Morgan fingerprint density at radius 3 is 2.50 bits per heavy atom. The van der Waals surface area contributed by atoms with Gasteiger partial charge in [0.25, 0.3) is 0 Å². The van der Waals surface area contributed by atoms with Crippen LogP contribution >= 0.6 is 12.2 Å². The smallest absolute Gasteiger partial charge is 0.174 e. The van der Waals surface area contributed by atoms with E-state index in [-0.39, 0.29) is 5.82 Å². The van der Waals surface area contributed by atoms with E-state index < -0.39 is 0 Å². The minimum Gasteiger partial charge on any atom is -0.336 e. The standard InChI is InChI=1S/C21H26FN3S/c1-15-11-16(2)20(17(3)12-15)23-21(26)25-10-6-9-24(14-25)13-18-7-4-5-8-19(18)22/h4-5,7-8,11-12H,6,9-10,13-14H2,1-3H3,(H,23,26). The molecule has 26 heavy (non-hydrogen) atoms. The van der Waals surface area contributed by atoms with Gasteiger partial charge >= 0.3 is 0 Å². The number of nitrogens with zero attached hydrogens (tertiary/aromatic N) is 2. The Hall–Kier alpha value is -1.98. The van der Waals surface area contributed by atoms with Gasteiger partial charge in [0.05, 0.1) is 6.67 Å². The number of hydrogen-bond acceptors (Lipinski definition) is 2. The Labute approximate surface area is 160 Å². The normalized spacial score (nSPS) is 15.2. The Morgan fingerprint density at radius 2 is 1.81 bits per heavy atom. The molecule has 1 fully saturated rings. The lowest BCUT2D eigenvalue weighted by molar-refractivity contribution is 0.132. The first-order valence-electron chi connectivity index (χ1n) is 9.03. The second-order valence-corrected chi connectivity index (χ2v) is 7.49. The van der Waals surface area contributed by atoms with E-state index in [0.717, 1.165) is 35.9 Å². The highest BCUT2D eigenvalue weighted by Gasteiger charge is 2.21. The van der Waals surface area contributed by atoms with E-state index in [1.807, 2.05) is 12.1 Å². The molecule has 0 aliphatic carbocycles. The van der Waals surface area contributed by atoms with Crippen LogP contribution in [0, 0.1) is 26.6 Å². The molecule has 2 aromatic rings. The third-order valence-corrected chi connectivity index (χ3v) is 5.18. The largest absolute Gasteiger partial charge is 0.336 e. The van der Waals surface area contributed by atoms with Crippen molar-refractivity contribution in [2.24, 2.45) is 0 Å². The zero-order chi connectivity index (χ0) is 18.7. The van der Waals surface area contributed by atoms with Gasteiger partial charge < -0.3 is 10.2 Å². The van der Waals surface area contributed by atoms with Gasteiger partial charge in [0.1, 0.15) is 5.82 Å². The predicted molar refractivity (Wildman–Crippen MR) is 110 cm³/mol. The number of halogens is 1. The van der Waals surface area contributed by atoms with Gasteiger partial charge in [-0.25, -0.2) is 4.39 Å². The Kier molecular flexibility index (Phi) is 5.89. The molecule has 5 heteroatoms. The molecule has 0 unspecified atom stereocenters. The molecule has 0 atom stereocenters. The van der Waals surface area contributed by atoms with Crippen molar-refractivity contribution in [2.45, 2.75) is 33.7 Å². The van der Waals surface area contributed by atoms with Crippen molar-refractivity contribution >= 4 is 23.0 Å². The van der Waals surface area contributed by atoms with Crippen molar-refractivity contribution in [1.29, 1.82) is 0 Å². The van der Waals surface area contributed by atoms with Gasteiger partial charge in [-0.05, 0) is 56.6 Å². The quantitative estimate of drug-likeness (QED) is 0.794. The summed E-state index contributed by atoms with van der Waals surface area (Å²) < 4.78 is 13.9. The summed E-state index contributed by atoms with van der Waals surface area (Å²) in [5.74, 6) is -0.142. The first-order valence-corrected chi connectivity index (χ1v) is 9.44. The monoisotopic (exact) mass is 371 g/mol. The van der Waals surface area contributed by atoms with Crippen LogP contribution in [-0.2, 0) is 6.54 Å². The van der Waals surface area contributed by atoms with Crippen molar-refractivity contribution in [3.8, 4) is 0 Å². The SMILES string of the molecule is Cc1cc(C)c(NC(=S)N2CCCN(Cc3ccccc3F)C2)c(C)c1. The van der Waals surface area contributed by atoms with Gasteiger partial charge in [-0.3, -0.25) is 4.90 Å². The van der Waals surface area contributed by atoms with Crippen LogP contribution in [0.2, 0.25) is 0 Å². The fourth-order valence-corrected chi connectivity index (χ4v) is 3.84. The first-order chi connectivity index (χ1) is 12.4. The molecule has 0 radical (unpaired) electrons. The van der Waals surface area contributed by atoms with E-state index in [1.165, 1.54) is 22.8 Å². The number of anilines is 1. The van der Waals surface area contributed by atoms with Crippen LogP contribution in [-0.4, -0.2) is 34.7 Å². The maximum absolute atomic E-state index is 13.9. The van der Waals surface area contributed by atoms with Crippen molar-refractivity contribution in [2.75, 3.05) is 25.1 Å². The topological polar surface area (TPSA) is 18.5 Å². The molecule has 0 spiro atoms. The molecule has 1 saturated heterocycles. The first kappa shape index (κ1) is 18.8. The van der Waals surface area contributed by atoms with Crippen LogP contribution in [0.4, 0.5) is 10.1 Å². The Balaban J connectivity index is 1.66. The number of hydrogen-bond donors (Lipinski definition) is 1. The van der Waals surface area contributed by atoms with Gasteiger partial charge in [0.15, 0.2) is 5.11 Å². The fraction of sp³-hybridized carbons (Fsp3) is 0.381. The Morgan fingerprint density at radius 1 is 1.12 bits per heavy atom. The van der Waals surface area contributed by atoms with Crippen molar-refractivity contribution in [3.05, 3.63) is 64.5 Å². The summed E-state index contributed by atoms with van der Waals surface area (Å²) in [7, 11) is 0. The molecule has 0 bridgehead atoms. The average Bonchev–Trinajstić information content (AvgIpc) is 2.60. The molecule has 138 valence electrons. The third-order valence-electron chi connectivity index (χ3n) is 4.82. The summed E-state index contributed by atoms with van der Waals surface area (Å²) in [5.41, 5.74) is 5.48. The summed E-state index contributed by atoms with van der Waals surface area (Å²) in [4.78, 5) is 4.41. The van der Waals surface area contributed by atoms with Crippen LogP contribution in [0.5, 0.6) is 0 Å². The molecule has 1 aliphatic rings. The van der Waals surface area contributed by atoms with Gasteiger partial charge in [-0.2, -0.15) is 0 Å². The summed E-state index contributed by atoms with van der Waals surface area (Å²) in [6, 6.07) is 11.3. The summed E-state index contributed by atoms with van der Waals surface area (Å²) >= 11 is 5.67. The van der Waals surface area contributed by atoms with E-state index in [4.69, 9.17) is 12.2 Å². The molecule has 1 heterocycles. The minimum absolute atomic E-state index is 0.142. The molecule has 3 rings (SSSR count). The van der Waals surface area contributed by atoms with Crippen LogP contribution in [0.1, 0.15) is 28.7 Å². The van der Waals surface area contributed by atoms with Crippen molar-refractivity contribution < 1.29 is 4.39 Å². The molecular formula is C21H26FN3S. The third kappa shape index (κ3) is 4.40. The molecular weight excluding hydrogens is 345 g/mol. The van der Waals surface area contributed by atoms with Crippen LogP contribution in [0.3, 0.4) is 0 Å². The maximum atomic E-state index is 13.9. The lowest BCUT2D eigenvalue weighted by Crippen LogP contribution is -2.48. The van der Waals surface area contributed by atoms with E-state index in [0.29, 0.717) is 13.2 Å². The number of thiocarbonyl (C=S) groups is 1. The average molecular weight is 372 g/mol. The summed E-state index contributed by atoms with van der Waals surface area (Å²) in [5, 5.41) is 4.16. The molecule has 2 aromatic carbocycles. The molecule has 1 aliphatic heterocycles. The van der Waals surface area contributed by atoms with Crippen LogP contribution in [0.25, 0.3) is 0 Å². The van der Waals surface area contributed by atoms with Gasteiger partial charge in [0, 0.05) is 30.9 Å². The zero-order valence-corrected chi connectivity index (χ0v) is 16.5. The lowest BCUT2D eigenvalue weighted by atomic mass is 10.1. The Bertz CT molecular complexity index is 783. The van der Waals surface area contributed by atoms with Gasteiger partial charge in [0.2, 0.25) is 0 Å². The highest BCUT2D eigenvalue weighted by atomic mass is 32.1. The predicted octanol–water partition coefficient (Wildman–Crippen LogP) is 4.61. The minimum atomic E-state index is -0.142. The van der Waals surface area contributed by atoms with Crippen molar-refractivity contribution in [1.82, 2.24) is 9.80 Å². The fourth-order valence-electron chi connectivity index (χ4n) is 3.59. The second-order valence-electron chi connectivity index (χ2n) is 7.11. The number of rotatable bonds is 3. The summed E-state index contributed by atoms with van der Waals surface area (Å²) in [6.45, 7) is 9.50. The molecule has 1 N–H and O–H groups in total.